The molecule has 9 heteroatoms. The van der Waals surface area contributed by atoms with Gasteiger partial charge in [0.2, 0.25) is 5.91 Å². The third-order valence-corrected chi connectivity index (χ3v) is 3.44. The lowest BCUT2D eigenvalue weighted by Gasteiger charge is -2.13. The maximum Gasteiger partial charge on any atom is 0.418 e. The van der Waals surface area contributed by atoms with Crippen molar-refractivity contribution < 1.29 is 22.4 Å². The summed E-state index contributed by atoms with van der Waals surface area (Å²) in [6.07, 6.45) is -3.19. The van der Waals surface area contributed by atoms with Crippen molar-refractivity contribution >= 4 is 11.6 Å². The van der Waals surface area contributed by atoms with Crippen LogP contribution in [0.4, 0.5) is 18.9 Å². The first kappa shape index (κ1) is 17.5. The number of hydrogen-bond donors (Lipinski definition) is 1. The Hall–Kier alpha value is -3.36. The van der Waals surface area contributed by atoms with Crippen molar-refractivity contribution in [3.63, 3.8) is 0 Å². The molecule has 0 aliphatic carbocycles. The minimum atomic E-state index is -4.61. The number of amides is 1. The van der Waals surface area contributed by atoms with Crippen LogP contribution < -0.4 is 10.9 Å². The molecular weight excluding hydrogens is 351 g/mol. The van der Waals surface area contributed by atoms with E-state index in [9.17, 15) is 22.8 Å². The van der Waals surface area contributed by atoms with E-state index in [0.29, 0.717) is 11.5 Å². The Morgan fingerprint density at radius 3 is 2.58 bits per heavy atom. The number of benzene rings is 1. The molecule has 1 aromatic carbocycles. The van der Waals surface area contributed by atoms with Gasteiger partial charge in [-0.2, -0.15) is 18.3 Å². The SMILES string of the molecule is O=C(Cn1nc(-c2ccco2)ccc1=O)Nc1ccccc1C(F)(F)F. The van der Waals surface area contributed by atoms with Gasteiger partial charge in [0.25, 0.3) is 5.56 Å². The molecule has 2 aromatic heterocycles. The van der Waals surface area contributed by atoms with Crippen LogP contribution in [0.2, 0.25) is 0 Å². The van der Waals surface area contributed by atoms with Crippen molar-refractivity contribution in [3.8, 4) is 11.5 Å². The first-order chi connectivity index (χ1) is 12.3. The number of furan rings is 1. The van der Waals surface area contributed by atoms with Crippen LogP contribution in [-0.4, -0.2) is 15.7 Å². The molecule has 0 unspecified atom stereocenters. The van der Waals surface area contributed by atoms with Crippen molar-refractivity contribution in [1.29, 1.82) is 0 Å². The van der Waals surface area contributed by atoms with Crippen LogP contribution in [0.5, 0.6) is 0 Å². The minimum absolute atomic E-state index is 0.318. The van der Waals surface area contributed by atoms with Crippen molar-refractivity contribution in [2.75, 3.05) is 5.32 Å². The molecule has 0 bridgehead atoms. The van der Waals surface area contributed by atoms with Crippen molar-refractivity contribution in [1.82, 2.24) is 9.78 Å². The van der Waals surface area contributed by atoms with Gasteiger partial charge in [0.05, 0.1) is 17.5 Å². The molecule has 0 saturated carbocycles. The second kappa shape index (κ2) is 6.87. The Morgan fingerprint density at radius 1 is 1.12 bits per heavy atom. The molecule has 0 saturated heterocycles. The molecule has 1 N–H and O–H groups in total. The lowest BCUT2D eigenvalue weighted by molar-refractivity contribution is -0.137. The average Bonchev–Trinajstić information content (AvgIpc) is 3.11. The normalized spacial score (nSPS) is 11.3. The summed E-state index contributed by atoms with van der Waals surface area (Å²) in [6.45, 7) is -0.542. The molecular formula is C17H12F3N3O3. The van der Waals surface area contributed by atoms with Crippen LogP contribution in [0.15, 0.2) is 64.0 Å². The van der Waals surface area contributed by atoms with Crippen LogP contribution in [0.1, 0.15) is 5.56 Å². The minimum Gasteiger partial charge on any atom is -0.463 e. The van der Waals surface area contributed by atoms with E-state index in [2.05, 4.69) is 10.4 Å². The van der Waals surface area contributed by atoms with Gasteiger partial charge in [-0.1, -0.05) is 12.1 Å². The van der Waals surface area contributed by atoms with Crippen molar-refractivity contribution in [2.24, 2.45) is 0 Å². The monoisotopic (exact) mass is 363 g/mol. The number of nitrogens with zero attached hydrogens (tertiary/aromatic N) is 2. The molecule has 2 heterocycles. The largest absolute Gasteiger partial charge is 0.463 e. The zero-order chi connectivity index (χ0) is 18.7. The molecule has 3 rings (SSSR count). The standard InChI is InChI=1S/C17H12F3N3O3/c18-17(19,20)11-4-1-2-5-12(11)21-15(24)10-23-16(25)8-7-13(22-23)14-6-3-9-26-14/h1-9H,10H2,(H,21,24). The second-order valence-electron chi connectivity index (χ2n) is 5.28. The highest BCUT2D eigenvalue weighted by molar-refractivity contribution is 5.91. The summed E-state index contributed by atoms with van der Waals surface area (Å²) in [4.78, 5) is 24.0. The quantitative estimate of drug-likeness (QED) is 0.772. The zero-order valence-corrected chi connectivity index (χ0v) is 13.2. The third-order valence-electron chi connectivity index (χ3n) is 3.44. The Bertz CT molecular complexity index is 979. The first-order valence-electron chi connectivity index (χ1n) is 7.43. The fraction of sp³-hybridized carbons (Fsp3) is 0.118. The fourth-order valence-electron chi connectivity index (χ4n) is 2.28. The summed E-state index contributed by atoms with van der Waals surface area (Å²) in [5.74, 6) is -0.422. The Morgan fingerprint density at radius 2 is 1.88 bits per heavy atom. The maximum atomic E-state index is 13.0. The number of hydrogen-bond acceptors (Lipinski definition) is 4. The average molecular weight is 363 g/mol. The van der Waals surface area contributed by atoms with Crippen LogP contribution in [0.25, 0.3) is 11.5 Å². The summed E-state index contributed by atoms with van der Waals surface area (Å²) in [6, 6.07) is 10.5. The third kappa shape index (κ3) is 3.82. The highest BCUT2D eigenvalue weighted by Crippen LogP contribution is 2.34. The molecule has 0 fully saturated rings. The highest BCUT2D eigenvalue weighted by Gasteiger charge is 2.33. The van der Waals surface area contributed by atoms with Gasteiger partial charge in [0.15, 0.2) is 5.76 Å². The van der Waals surface area contributed by atoms with E-state index in [1.165, 1.54) is 30.5 Å². The Kier molecular flexibility index (Phi) is 4.61. The van der Waals surface area contributed by atoms with Crippen LogP contribution >= 0.6 is 0 Å². The molecule has 26 heavy (non-hydrogen) atoms. The predicted octanol–water partition coefficient (Wildman–Crippen LogP) is 3.16. The van der Waals surface area contributed by atoms with Gasteiger partial charge in [-0.25, -0.2) is 4.68 Å². The molecule has 0 spiro atoms. The number of alkyl halides is 3. The van der Waals surface area contributed by atoms with Gasteiger partial charge in [0.1, 0.15) is 12.2 Å². The van der Waals surface area contributed by atoms with Gasteiger partial charge in [-0.3, -0.25) is 9.59 Å². The van der Waals surface area contributed by atoms with Gasteiger partial charge < -0.3 is 9.73 Å². The number of aromatic nitrogens is 2. The summed E-state index contributed by atoms with van der Waals surface area (Å²) in [5, 5.41) is 6.16. The maximum absolute atomic E-state index is 13.0. The number of rotatable bonds is 4. The van der Waals surface area contributed by atoms with E-state index < -0.39 is 29.8 Å². The van der Waals surface area contributed by atoms with Crippen LogP contribution in [0, 0.1) is 0 Å². The van der Waals surface area contributed by atoms with E-state index in [1.807, 2.05) is 0 Å². The fourth-order valence-corrected chi connectivity index (χ4v) is 2.28. The van der Waals surface area contributed by atoms with Gasteiger partial charge in [-0.15, -0.1) is 0 Å². The Labute approximate surface area is 144 Å². The number of anilines is 1. The summed E-state index contributed by atoms with van der Waals surface area (Å²) in [5.41, 5.74) is -1.61. The number of carbonyl (C=O) groups excluding carboxylic acids is 1. The molecule has 0 aliphatic rings. The number of halogens is 3. The summed E-state index contributed by atoms with van der Waals surface area (Å²) >= 11 is 0. The first-order valence-corrected chi connectivity index (χ1v) is 7.43. The van der Waals surface area contributed by atoms with E-state index in [0.717, 1.165) is 16.8 Å². The van der Waals surface area contributed by atoms with E-state index >= 15 is 0 Å². The van der Waals surface area contributed by atoms with Gasteiger partial charge in [0, 0.05) is 6.07 Å². The molecule has 1 amide bonds. The predicted molar refractivity (Wildman–Crippen MR) is 86.3 cm³/mol. The molecule has 0 aliphatic heterocycles. The molecule has 134 valence electrons. The van der Waals surface area contributed by atoms with Crippen molar-refractivity contribution in [3.05, 3.63) is 70.7 Å². The molecule has 0 atom stereocenters. The zero-order valence-electron chi connectivity index (χ0n) is 13.2. The Balaban J connectivity index is 1.82. The molecule has 3 aromatic rings. The molecule has 0 radical (unpaired) electrons. The smallest absolute Gasteiger partial charge is 0.418 e. The highest BCUT2D eigenvalue weighted by atomic mass is 19.4. The lowest BCUT2D eigenvalue weighted by atomic mass is 10.1. The van der Waals surface area contributed by atoms with E-state index in [1.54, 1.807) is 12.1 Å². The molecule has 6 nitrogen and oxygen atoms in total. The number of para-hydroxylation sites is 1. The number of nitrogens with one attached hydrogen (secondary N) is 1. The summed E-state index contributed by atoms with van der Waals surface area (Å²) in [7, 11) is 0. The van der Waals surface area contributed by atoms with Crippen LogP contribution in [0.3, 0.4) is 0 Å². The van der Waals surface area contributed by atoms with Gasteiger partial charge >= 0.3 is 6.18 Å². The van der Waals surface area contributed by atoms with Crippen LogP contribution in [-0.2, 0) is 17.5 Å². The van der Waals surface area contributed by atoms with E-state index in [-0.39, 0.29) is 5.69 Å². The van der Waals surface area contributed by atoms with Gasteiger partial charge in [-0.05, 0) is 30.3 Å². The van der Waals surface area contributed by atoms with Crippen molar-refractivity contribution in [2.45, 2.75) is 12.7 Å². The van der Waals surface area contributed by atoms with E-state index in [4.69, 9.17) is 4.42 Å². The summed E-state index contributed by atoms with van der Waals surface area (Å²) < 4.78 is 44.9. The number of carbonyl (C=O) groups is 1. The topological polar surface area (TPSA) is 77.1 Å². The second-order valence-corrected chi connectivity index (χ2v) is 5.28. The lowest BCUT2D eigenvalue weighted by Crippen LogP contribution is -2.29.